The number of hydrogen-bond acceptors (Lipinski definition) is 0. The molecule has 3 unspecified atom stereocenters. The van der Waals surface area contributed by atoms with Crippen LogP contribution in [0.1, 0.15) is 52.9 Å². The Kier molecular flexibility index (Phi) is 11.4. The van der Waals surface area contributed by atoms with Crippen LogP contribution in [-0.2, 0) is 0 Å². The molecule has 0 spiro atoms. The zero-order valence-corrected chi connectivity index (χ0v) is 13.1. The minimum Gasteiger partial charge on any atom is -0.103 e. The van der Waals surface area contributed by atoms with E-state index >= 15 is 0 Å². The standard InChI is InChI=1S/C19H32/c1-6-9-10-13-18(5)14-11-12-15-19(8-3)16-17(4)7-2/h7-11,14,17-19H,2-3,6,12-13,15-16H2,1,4-5H3. The first-order valence-electron chi connectivity index (χ1n) is 7.70. The SMILES string of the molecule is C=CC(C)CC(C=C)CCC=CC(C)CC=CCC. The summed E-state index contributed by atoms with van der Waals surface area (Å²) < 4.78 is 0. The van der Waals surface area contributed by atoms with Crippen LogP contribution in [0.15, 0.2) is 49.6 Å². The molecule has 0 amide bonds. The predicted molar refractivity (Wildman–Crippen MR) is 89.3 cm³/mol. The summed E-state index contributed by atoms with van der Waals surface area (Å²) in [5.74, 6) is 1.86. The van der Waals surface area contributed by atoms with Crippen molar-refractivity contribution in [1.82, 2.24) is 0 Å². The molecule has 0 heteroatoms. The van der Waals surface area contributed by atoms with Crippen LogP contribution in [0.5, 0.6) is 0 Å². The molecular formula is C19H32. The fraction of sp³-hybridized carbons (Fsp3) is 0.579. The monoisotopic (exact) mass is 260 g/mol. The topological polar surface area (TPSA) is 0 Å². The van der Waals surface area contributed by atoms with Gasteiger partial charge in [0.2, 0.25) is 0 Å². The second-order valence-electron chi connectivity index (χ2n) is 5.54. The van der Waals surface area contributed by atoms with E-state index in [1.54, 1.807) is 0 Å². The minimum absolute atomic E-state index is 0.588. The summed E-state index contributed by atoms with van der Waals surface area (Å²) >= 11 is 0. The van der Waals surface area contributed by atoms with Gasteiger partial charge in [-0.2, -0.15) is 0 Å². The van der Waals surface area contributed by atoms with Crippen molar-refractivity contribution in [2.45, 2.75) is 52.9 Å². The molecule has 0 aromatic rings. The van der Waals surface area contributed by atoms with Crippen molar-refractivity contribution in [3.8, 4) is 0 Å². The highest BCUT2D eigenvalue weighted by atomic mass is 14.1. The zero-order chi connectivity index (χ0) is 14.5. The molecule has 0 aliphatic carbocycles. The van der Waals surface area contributed by atoms with Crippen molar-refractivity contribution in [3.05, 3.63) is 49.6 Å². The third-order valence-corrected chi connectivity index (χ3v) is 3.49. The van der Waals surface area contributed by atoms with Crippen molar-refractivity contribution in [1.29, 1.82) is 0 Å². The summed E-state index contributed by atoms with van der Waals surface area (Å²) in [6.45, 7) is 14.5. The Morgan fingerprint density at radius 2 is 1.68 bits per heavy atom. The summed E-state index contributed by atoms with van der Waals surface area (Å²) in [7, 11) is 0. The number of hydrogen-bond donors (Lipinski definition) is 0. The van der Waals surface area contributed by atoms with Gasteiger partial charge in [-0.1, -0.05) is 57.2 Å². The Bertz CT molecular complexity index is 282. The van der Waals surface area contributed by atoms with Crippen LogP contribution in [-0.4, -0.2) is 0 Å². The smallest absolute Gasteiger partial charge is 0.0227 e. The van der Waals surface area contributed by atoms with Crippen LogP contribution in [0.25, 0.3) is 0 Å². The van der Waals surface area contributed by atoms with Crippen LogP contribution < -0.4 is 0 Å². The molecule has 0 nitrogen and oxygen atoms in total. The van der Waals surface area contributed by atoms with Gasteiger partial charge in [0.05, 0.1) is 0 Å². The third kappa shape index (κ3) is 10.6. The molecule has 0 saturated carbocycles. The molecule has 0 aliphatic rings. The first-order chi connectivity index (χ1) is 9.13. The first-order valence-corrected chi connectivity index (χ1v) is 7.70. The lowest BCUT2D eigenvalue weighted by atomic mass is 9.92. The molecule has 19 heavy (non-hydrogen) atoms. The summed E-state index contributed by atoms with van der Waals surface area (Å²) in [6, 6.07) is 0. The second-order valence-corrected chi connectivity index (χ2v) is 5.54. The summed E-state index contributed by atoms with van der Waals surface area (Å²) in [4.78, 5) is 0. The average Bonchev–Trinajstić information content (AvgIpc) is 2.42. The molecule has 0 bridgehead atoms. The van der Waals surface area contributed by atoms with E-state index in [4.69, 9.17) is 0 Å². The van der Waals surface area contributed by atoms with Gasteiger partial charge >= 0.3 is 0 Å². The van der Waals surface area contributed by atoms with Crippen molar-refractivity contribution in [3.63, 3.8) is 0 Å². The summed E-state index contributed by atoms with van der Waals surface area (Å²) in [5, 5.41) is 0. The van der Waals surface area contributed by atoms with Gasteiger partial charge in [0.25, 0.3) is 0 Å². The Hall–Kier alpha value is -1.04. The minimum atomic E-state index is 0.588. The Labute approximate surface area is 121 Å². The maximum absolute atomic E-state index is 3.94. The highest BCUT2D eigenvalue weighted by molar-refractivity contribution is 4.93. The van der Waals surface area contributed by atoms with Gasteiger partial charge in [-0.3, -0.25) is 0 Å². The van der Waals surface area contributed by atoms with Crippen molar-refractivity contribution in [2.24, 2.45) is 17.8 Å². The normalized spacial score (nSPS) is 16.6. The third-order valence-electron chi connectivity index (χ3n) is 3.49. The van der Waals surface area contributed by atoms with E-state index in [9.17, 15) is 0 Å². The lowest BCUT2D eigenvalue weighted by molar-refractivity contribution is 0.484. The van der Waals surface area contributed by atoms with E-state index in [1.807, 2.05) is 6.08 Å². The van der Waals surface area contributed by atoms with Gasteiger partial charge in [0.1, 0.15) is 0 Å². The molecule has 108 valence electrons. The van der Waals surface area contributed by atoms with E-state index in [-0.39, 0.29) is 0 Å². The molecule has 0 heterocycles. The van der Waals surface area contributed by atoms with Gasteiger partial charge in [-0.05, 0) is 49.9 Å². The number of rotatable bonds is 11. The molecular weight excluding hydrogens is 228 g/mol. The van der Waals surface area contributed by atoms with Crippen LogP contribution >= 0.6 is 0 Å². The van der Waals surface area contributed by atoms with Crippen LogP contribution in [0, 0.1) is 17.8 Å². The Morgan fingerprint density at radius 1 is 0.947 bits per heavy atom. The highest BCUT2D eigenvalue weighted by Gasteiger charge is 2.06. The van der Waals surface area contributed by atoms with Gasteiger partial charge in [0.15, 0.2) is 0 Å². The van der Waals surface area contributed by atoms with Crippen molar-refractivity contribution >= 4 is 0 Å². The summed E-state index contributed by atoms with van der Waals surface area (Å²) in [6.07, 6.45) is 19.2. The fourth-order valence-corrected chi connectivity index (χ4v) is 2.10. The van der Waals surface area contributed by atoms with E-state index < -0.39 is 0 Å². The van der Waals surface area contributed by atoms with E-state index in [1.165, 1.54) is 12.8 Å². The Morgan fingerprint density at radius 3 is 2.26 bits per heavy atom. The lowest BCUT2D eigenvalue weighted by Gasteiger charge is -2.14. The highest BCUT2D eigenvalue weighted by Crippen LogP contribution is 2.19. The quantitative estimate of drug-likeness (QED) is 0.381. The van der Waals surface area contributed by atoms with Crippen LogP contribution in [0.4, 0.5) is 0 Å². The molecule has 0 saturated heterocycles. The van der Waals surface area contributed by atoms with Gasteiger partial charge in [-0.25, -0.2) is 0 Å². The lowest BCUT2D eigenvalue weighted by Crippen LogP contribution is -2.01. The molecule has 0 radical (unpaired) electrons. The van der Waals surface area contributed by atoms with Crippen LogP contribution in [0.3, 0.4) is 0 Å². The molecule has 0 N–H and O–H groups in total. The van der Waals surface area contributed by atoms with Crippen molar-refractivity contribution < 1.29 is 0 Å². The largest absolute Gasteiger partial charge is 0.103 e. The maximum atomic E-state index is 3.94. The average molecular weight is 260 g/mol. The Balaban J connectivity index is 3.88. The van der Waals surface area contributed by atoms with Gasteiger partial charge in [-0.15, -0.1) is 13.2 Å². The fourth-order valence-electron chi connectivity index (χ4n) is 2.10. The second kappa shape index (κ2) is 12.0. The van der Waals surface area contributed by atoms with E-state index in [0.29, 0.717) is 17.8 Å². The molecule has 0 aromatic carbocycles. The molecule has 3 atom stereocenters. The zero-order valence-electron chi connectivity index (χ0n) is 13.1. The molecule has 0 aliphatic heterocycles. The molecule has 0 rings (SSSR count). The van der Waals surface area contributed by atoms with E-state index in [2.05, 4.69) is 64.3 Å². The van der Waals surface area contributed by atoms with Crippen LogP contribution in [0.2, 0.25) is 0 Å². The number of allylic oxidation sites excluding steroid dienone is 6. The molecule has 0 fully saturated rings. The maximum Gasteiger partial charge on any atom is -0.0227 e. The van der Waals surface area contributed by atoms with Gasteiger partial charge < -0.3 is 0 Å². The molecule has 0 aromatic heterocycles. The van der Waals surface area contributed by atoms with Crippen molar-refractivity contribution in [2.75, 3.05) is 0 Å². The van der Waals surface area contributed by atoms with E-state index in [0.717, 1.165) is 19.3 Å². The predicted octanol–water partition coefficient (Wildman–Crippen LogP) is 6.33. The van der Waals surface area contributed by atoms with Gasteiger partial charge in [0, 0.05) is 0 Å². The summed E-state index contributed by atoms with van der Waals surface area (Å²) in [5.41, 5.74) is 0. The first kappa shape index (κ1) is 18.0.